The third-order valence-electron chi connectivity index (χ3n) is 12.2. The van der Waals surface area contributed by atoms with Crippen LogP contribution in [0.4, 0.5) is 0 Å². The molecule has 6 aliphatic rings. The summed E-state index contributed by atoms with van der Waals surface area (Å²) in [5.41, 5.74) is 0.291. The number of rotatable bonds is 2. The molecule has 2 aromatic rings. The molecule has 1 saturated heterocycles. The van der Waals surface area contributed by atoms with Crippen LogP contribution >= 0.6 is 0 Å². The standard InChI is InChI=1S/C33H39NO6/c1-29(2)27-23(35)17-24-32(39-27,40-29)14-13-30(3)31(4)19(15-21-20-11-7-8-12-22(20)34-26(21)31)16-25(33(24,30)37)38-28(36)18-9-5-6-10-18/h7-8,11-12,17-19,25,27,34,37H,5-6,9-10,13-16H2,1-4H3/t19-,25+,27+,30?,31-,32+,33+/m1/s1. The lowest BCUT2D eigenvalue weighted by Gasteiger charge is -2.67. The molecule has 40 heavy (non-hydrogen) atoms. The smallest absolute Gasteiger partial charge is 0.309 e. The van der Waals surface area contributed by atoms with Crippen molar-refractivity contribution in [2.24, 2.45) is 17.3 Å². The first-order chi connectivity index (χ1) is 18.9. The van der Waals surface area contributed by atoms with E-state index in [2.05, 4.69) is 37.0 Å². The van der Waals surface area contributed by atoms with Crippen molar-refractivity contribution in [3.63, 3.8) is 0 Å². The zero-order chi connectivity index (χ0) is 27.9. The highest BCUT2D eigenvalue weighted by atomic mass is 16.8. The van der Waals surface area contributed by atoms with Gasteiger partial charge in [0.05, 0.1) is 5.92 Å². The number of aromatic amines is 1. The first-order valence-electron chi connectivity index (χ1n) is 15.1. The normalized spacial score (nSPS) is 43.2. The van der Waals surface area contributed by atoms with Gasteiger partial charge in [-0.25, -0.2) is 0 Å². The molecule has 8 rings (SSSR count). The Morgan fingerprint density at radius 2 is 1.85 bits per heavy atom. The molecular formula is C33H39NO6. The van der Waals surface area contributed by atoms with E-state index in [0.717, 1.165) is 43.3 Å². The molecule has 2 N–H and O–H groups in total. The van der Waals surface area contributed by atoms with Crippen LogP contribution < -0.4 is 0 Å². The molecular weight excluding hydrogens is 506 g/mol. The second-order valence-electron chi connectivity index (χ2n) is 14.3. The largest absolute Gasteiger partial charge is 0.459 e. The molecule has 3 heterocycles. The average Bonchev–Trinajstić information content (AvgIpc) is 3.67. The van der Waals surface area contributed by atoms with Crippen LogP contribution in [0.3, 0.4) is 0 Å². The summed E-state index contributed by atoms with van der Waals surface area (Å²) in [4.78, 5) is 30.8. The van der Waals surface area contributed by atoms with Crippen LogP contribution in [0.25, 0.3) is 10.9 Å². The highest BCUT2D eigenvalue weighted by Crippen LogP contribution is 2.72. The molecule has 1 aromatic carbocycles. The molecule has 3 saturated carbocycles. The van der Waals surface area contributed by atoms with Crippen molar-refractivity contribution >= 4 is 22.7 Å². The van der Waals surface area contributed by atoms with Crippen molar-refractivity contribution in [1.29, 1.82) is 0 Å². The maximum Gasteiger partial charge on any atom is 0.309 e. The van der Waals surface area contributed by atoms with E-state index in [0.29, 0.717) is 24.8 Å². The number of carbonyl (C=O) groups excluding carboxylic acids is 2. The van der Waals surface area contributed by atoms with Gasteiger partial charge < -0.3 is 24.3 Å². The Kier molecular flexibility index (Phi) is 4.84. The molecule has 212 valence electrons. The van der Waals surface area contributed by atoms with E-state index in [4.69, 9.17) is 14.2 Å². The Morgan fingerprint density at radius 3 is 2.62 bits per heavy atom. The van der Waals surface area contributed by atoms with Crippen LogP contribution in [0, 0.1) is 17.3 Å². The van der Waals surface area contributed by atoms with Crippen LogP contribution in [-0.2, 0) is 35.6 Å². The van der Waals surface area contributed by atoms with Gasteiger partial charge in [0.15, 0.2) is 17.7 Å². The quantitative estimate of drug-likeness (QED) is 0.514. The first-order valence-corrected chi connectivity index (χ1v) is 15.1. The number of H-pyrrole nitrogens is 1. The molecule has 1 spiro atoms. The Hall–Kier alpha value is -2.48. The topological polar surface area (TPSA) is 97.9 Å². The van der Waals surface area contributed by atoms with Crippen LogP contribution in [-0.4, -0.2) is 51.0 Å². The van der Waals surface area contributed by atoms with Gasteiger partial charge in [-0.15, -0.1) is 0 Å². The van der Waals surface area contributed by atoms with Gasteiger partial charge in [-0.3, -0.25) is 9.59 Å². The third-order valence-corrected chi connectivity index (χ3v) is 12.2. The van der Waals surface area contributed by atoms with Gasteiger partial charge in [-0.2, -0.15) is 0 Å². The molecule has 4 aliphatic carbocycles. The highest BCUT2D eigenvalue weighted by Gasteiger charge is 2.78. The number of esters is 1. The van der Waals surface area contributed by atoms with E-state index in [1.54, 1.807) is 6.08 Å². The summed E-state index contributed by atoms with van der Waals surface area (Å²) in [5.74, 6) is -1.60. The molecule has 4 fully saturated rings. The summed E-state index contributed by atoms with van der Waals surface area (Å²) in [6, 6.07) is 8.38. The zero-order valence-electron chi connectivity index (χ0n) is 23.8. The third kappa shape index (κ3) is 2.77. The molecule has 2 bridgehead atoms. The number of aliphatic hydroxyl groups is 1. The van der Waals surface area contributed by atoms with Gasteiger partial charge in [0.25, 0.3) is 0 Å². The average molecular weight is 546 g/mol. The van der Waals surface area contributed by atoms with Crippen LogP contribution in [0.15, 0.2) is 35.9 Å². The van der Waals surface area contributed by atoms with E-state index in [1.807, 2.05) is 19.9 Å². The number of hydrogen-bond acceptors (Lipinski definition) is 6. The van der Waals surface area contributed by atoms with Crippen molar-refractivity contribution < 1.29 is 28.9 Å². The first kappa shape index (κ1) is 25.2. The molecule has 7 heteroatoms. The fraction of sp³-hybridized carbons (Fsp3) is 0.636. The minimum atomic E-state index is -1.65. The summed E-state index contributed by atoms with van der Waals surface area (Å²) in [6.45, 7) is 8.16. The Balaban J connectivity index is 1.32. The van der Waals surface area contributed by atoms with E-state index in [9.17, 15) is 14.7 Å². The number of benzene rings is 1. The predicted octanol–water partition coefficient (Wildman–Crippen LogP) is 5.03. The number of para-hydroxylation sites is 1. The SMILES string of the molecule is CC1(C)O[C@@]23CCC4(C)[C@@]5(C)c6[nH]c7ccccc7c6C[C@@H]5C[C@H](OC(=O)C5CCCC5)[C@@]4(O)C2=CC(=O)[C@@H]1O3. The maximum atomic E-state index is 13.5. The van der Waals surface area contributed by atoms with Crippen molar-refractivity contribution in [3.8, 4) is 0 Å². The molecule has 0 radical (unpaired) electrons. The number of fused-ring (bicyclic) bond motifs is 9. The lowest BCUT2D eigenvalue weighted by Crippen LogP contribution is -2.75. The number of carbonyl (C=O) groups is 2. The second-order valence-corrected chi connectivity index (χ2v) is 14.3. The number of nitrogens with one attached hydrogen (secondary N) is 1. The van der Waals surface area contributed by atoms with E-state index in [-0.39, 0.29) is 23.6 Å². The number of ketones is 1. The lowest BCUT2D eigenvalue weighted by atomic mass is 9.41. The van der Waals surface area contributed by atoms with Gasteiger partial charge in [0.1, 0.15) is 17.3 Å². The fourth-order valence-electron chi connectivity index (χ4n) is 9.93. The zero-order valence-corrected chi connectivity index (χ0v) is 23.8. The van der Waals surface area contributed by atoms with Crippen molar-refractivity contribution in [2.75, 3.05) is 0 Å². The summed E-state index contributed by atoms with van der Waals surface area (Å²) in [5, 5.41) is 14.6. The molecule has 1 unspecified atom stereocenters. The minimum absolute atomic E-state index is 0.134. The van der Waals surface area contributed by atoms with Gasteiger partial charge in [0, 0.05) is 39.4 Å². The van der Waals surface area contributed by atoms with Crippen LogP contribution in [0.5, 0.6) is 0 Å². The van der Waals surface area contributed by atoms with Crippen molar-refractivity contribution in [2.45, 2.75) is 114 Å². The number of hydrogen-bond donors (Lipinski definition) is 2. The lowest BCUT2D eigenvalue weighted by molar-refractivity contribution is -0.278. The Labute approximate surface area is 234 Å². The number of aromatic nitrogens is 1. The monoisotopic (exact) mass is 545 g/mol. The van der Waals surface area contributed by atoms with Gasteiger partial charge in [-0.05, 0) is 69.6 Å². The predicted molar refractivity (Wildman–Crippen MR) is 147 cm³/mol. The summed E-state index contributed by atoms with van der Waals surface area (Å²) < 4.78 is 19.4. The van der Waals surface area contributed by atoms with Gasteiger partial charge in [0.2, 0.25) is 0 Å². The molecule has 7 atom stereocenters. The van der Waals surface area contributed by atoms with Crippen molar-refractivity contribution in [1.82, 2.24) is 4.98 Å². The van der Waals surface area contributed by atoms with Gasteiger partial charge in [-0.1, -0.05) is 44.9 Å². The molecule has 0 amide bonds. The summed E-state index contributed by atoms with van der Waals surface area (Å²) in [6.07, 6.45) is 6.23. The Bertz CT molecular complexity index is 1500. The van der Waals surface area contributed by atoms with Crippen molar-refractivity contribution in [3.05, 3.63) is 47.2 Å². The highest BCUT2D eigenvalue weighted by molar-refractivity contribution is 5.97. The Morgan fingerprint density at radius 1 is 1.10 bits per heavy atom. The van der Waals surface area contributed by atoms with E-state index < -0.39 is 40.0 Å². The van der Waals surface area contributed by atoms with E-state index >= 15 is 0 Å². The van der Waals surface area contributed by atoms with E-state index in [1.165, 1.54) is 10.9 Å². The minimum Gasteiger partial charge on any atom is -0.459 e. The van der Waals surface area contributed by atoms with Crippen LogP contribution in [0.1, 0.15) is 83.9 Å². The second kappa shape index (κ2) is 7.67. The fourth-order valence-corrected chi connectivity index (χ4v) is 9.93. The molecule has 2 aliphatic heterocycles. The molecule has 7 nitrogen and oxygen atoms in total. The summed E-state index contributed by atoms with van der Waals surface area (Å²) >= 11 is 0. The number of ether oxygens (including phenoxy) is 3. The molecule has 1 aromatic heterocycles. The van der Waals surface area contributed by atoms with Gasteiger partial charge >= 0.3 is 5.97 Å². The van der Waals surface area contributed by atoms with Crippen LogP contribution in [0.2, 0.25) is 0 Å². The maximum absolute atomic E-state index is 13.5. The summed E-state index contributed by atoms with van der Waals surface area (Å²) in [7, 11) is 0.